The number of H-pyrrole nitrogens is 1. The minimum absolute atomic E-state index is 0.201. The van der Waals surface area contributed by atoms with Crippen LogP contribution in [0.5, 0.6) is 0 Å². The van der Waals surface area contributed by atoms with E-state index in [1.54, 1.807) is 25.2 Å². The van der Waals surface area contributed by atoms with Crippen molar-refractivity contribution in [2.75, 3.05) is 7.05 Å². The second kappa shape index (κ2) is 5.36. The van der Waals surface area contributed by atoms with Crippen molar-refractivity contribution in [2.45, 2.75) is 6.54 Å². The lowest BCUT2D eigenvalue weighted by Crippen LogP contribution is -2.27. The Bertz CT molecular complexity index is 797. The Morgan fingerprint density at radius 2 is 1.90 bits per heavy atom. The number of halogens is 1. The molecular formula is C16H14FN3O. The highest BCUT2D eigenvalue weighted by molar-refractivity contribution is 6.04. The highest BCUT2D eigenvalue weighted by atomic mass is 19.1. The Hall–Kier alpha value is -2.69. The standard InChI is InChI=1S/C16H14FN3O/c1-20(10-11-6-2-4-8-13(11)17)16(21)15-12-7-3-5-9-14(12)18-19-15/h2-9H,10H2,1H3,(H,18,19). The Morgan fingerprint density at radius 3 is 2.71 bits per heavy atom. The number of rotatable bonds is 3. The average Bonchev–Trinajstić information content (AvgIpc) is 2.92. The van der Waals surface area contributed by atoms with Gasteiger partial charge in [0.1, 0.15) is 5.82 Å². The lowest BCUT2D eigenvalue weighted by molar-refractivity contribution is 0.0780. The van der Waals surface area contributed by atoms with E-state index in [1.165, 1.54) is 11.0 Å². The number of aromatic amines is 1. The SMILES string of the molecule is CN(Cc1ccccc1F)C(=O)c1n[nH]c2ccccc12. The number of nitrogens with one attached hydrogen (secondary N) is 1. The van der Waals surface area contributed by atoms with Crippen LogP contribution in [0.3, 0.4) is 0 Å². The molecule has 1 heterocycles. The van der Waals surface area contributed by atoms with Gasteiger partial charge in [0.25, 0.3) is 5.91 Å². The van der Waals surface area contributed by atoms with Crippen molar-refractivity contribution >= 4 is 16.8 Å². The number of nitrogens with zero attached hydrogens (tertiary/aromatic N) is 2. The molecule has 0 saturated heterocycles. The zero-order valence-electron chi connectivity index (χ0n) is 11.5. The Kier molecular flexibility index (Phi) is 3.39. The fourth-order valence-corrected chi connectivity index (χ4v) is 2.26. The van der Waals surface area contributed by atoms with Crippen molar-refractivity contribution in [2.24, 2.45) is 0 Å². The topological polar surface area (TPSA) is 49.0 Å². The average molecular weight is 283 g/mol. The van der Waals surface area contributed by atoms with E-state index >= 15 is 0 Å². The summed E-state index contributed by atoms with van der Waals surface area (Å²) in [5.74, 6) is -0.556. The fraction of sp³-hybridized carbons (Fsp3) is 0.125. The molecule has 3 rings (SSSR count). The minimum atomic E-state index is -0.316. The molecule has 0 radical (unpaired) electrons. The van der Waals surface area contributed by atoms with Crippen LogP contribution in [-0.2, 0) is 6.54 Å². The molecule has 2 aromatic carbocycles. The molecule has 0 bridgehead atoms. The lowest BCUT2D eigenvalue weighted by Gasteiger charge is -2.16. The van der Waals surface area contributed by atoms with Crippen molar-refractivity contribution in [1.82, 2.24) is 15.1 Å². The number of fused-ring (bicyclic) bond motifs is 1. The first-order chi connectivity index (χ1) is 10.2. The monoisotopic (exact) mass is 283 g/mol. The molecule has 4 nitrogen and oxygen atoms in total. The quantitative estimate of drug-likeness (QED) is 0.803. The summed E-state index contributed by atoms with van der Waals surface area (Å²) < 4.78 is 13.6. The van der Waals surface area contributed by atoms with Crippen LogP contribution in [0.2, 0.25) is 0 Å². The third-order valence-corrected chi connectivity index (χ3v) is 3.38. The van der Waals surface area contributed by atoms with E-state index < -0.39 is 0 Å². The van der Waals surface area contributed by atoms with Gasteiger partial charge >= 0.3 is 0 Å². The van der Waals surface area contributed by atoms with Gasteiger partial charge in [-0.2, -0.15) is 5.10 Å². The molecule has 1 N–H and O–H groups in total. The third-order valence-electron chi connectivity index (χ3n) is 3.38. The molecule has 0 spiro atoms. The van der Waals surface area contributed by atoms with E-state index in [4.69, 9.17) is 0 Å². The Labute approximate surface area is 121 Å². The molecule has 0 fully saturated rings. The summed E-state index contributed by atoms with van der Waals surface area (Å²) in [4.78, 5) is 13.9. The minimum Gasteiger partial charge on any atom is -0.336 e. The van der Waals surface area contributed by atoms with Gasteiger partial charge in [-0.25, -0.2) is 4.39 Å². The largest absolute Gasteiger partial charge is 0.336 e. The fourth-order valence-electron chi connectivity index (χ4n) is 2.26. The van der Waals surface area contributed by atoms with E-state index in [-0.39, 0.29) is 18.3 Å². The number of carbonyl (C=O) groups is 1. The van der Waals surface area contributed by atoms with Crippen molar-refractivity contribution in [3.63, 3.8) is 0 Å². The summed E-state index contributed by atoms with van der Waals surface area (Å²) in [5, 5.41) is 7.66. The van der Waals surface area contributed by atoms with Crippen LogP contribution in [0.4, 0.5) is 4.39 Å². The molecule has 3 aromatic rings. The van der Waals surface area contributed by atoms with E-state index in [0.717, 1.165) is 10.9 Å². The molecule has 0 unspecified atom stereocenters. The van der Waals surface area contributed by atoms with Gasteiger partial charge in [0, 0.05) is 24.5 Å². The van der Waals surface area contributed by atoms with Gasteiger partial charge in [-0.05, 0) is 12.1 Å². The molecule has 5 heteroatoms. The highest BCUT2D eigenvalue weighted by Gasteiger charge is 2.18. The number of hydrogen-bond donors (Lipinski definition) is 1. The van der Waals surface area contributed by atoms with Gasteiger partial charge < -0.3 is 4.90 Å². The third kappa shape index (κ3) is 2.50. The van der Waals surface area contributed by atoms with Crippen molar-refractivity contribution < 1.29 is 9.18 Å². The number of amides is 1. The summed E-state index contributed by atoms with van der Waals surface area (Å²) in [6, 6.07) is 13.9. The predicted molar refractivity (Wildman–Crippen MR) is 78.3 cm³/mol. The first-order valence-electron chi connectivity index (χ1n) is 6.59. The highest BCUT2D eigenvalue weighted by Crippen LogP contribution is 2.17. The van der Waals surface area contributed by atoms with Gasteiger partial charge in [0.15, 0.2) is 5.69 Å². The Balaban J connectivity index is 1.86. The van der Waals surface area contributed by atoms with Crippen LogP contribution in [0, 0.1) is 5.82 Å². The molecule has 1 amide bonds. The van der Waals surface area contributed by atoms with Crippen LogP contribution in [-0.4, -0.2) is 28.1 Å². The van der Waals surface area contributed by atoms with Crippen molar-refractivity contribution in [3.8, 4) is 0 Å². The Morgan fingerprint density at radius 1 is 1.19 bits per heavy atom. The normalized spacial score (nSPS) is 10.8. The van der Waals surface area contributed by atoms with Gasteiger partial charge in [0.2, 0.25) is 0 Å². The van der Waals surface area contributed by atoms with Crippen LogP contribution in [0.15, 0.2) is 48.5 Å². The van der Waals surface area contributed by atoms with Crippen LogP contribution < -0.4 is 0 Å². The van der Waals surface area contributed by atoms with E-state index in [1.807, 2.05) is 24.3 Å². The molecule has 0 aliphatic heterocycles. The van der Waals surface area contributed by atoms with Crippen LogP contribution in [0.25, 0.3) is 10.9 Å². The summed E-state index contributed by atoms with van der Waals surface area (Å²) in [5.41, 5.74) is 1.64. The lowest BCUT2D eigenvalue weighted by atomic mass is 10.1. The maximum atomic E-state index is 13.6. The van der Waals surface area contributed by atoms with Gasteiger partial charge in [-0.1, -0.05) is 36.4 Å². The van der Waals surface area contributed by atoms with Crippen molar-refractivity contribution in [3.05, 3.63) is 65.6 Å². The number of hydrogen-bond acceptors (Lipinski definition) is 2. The van der Waals surface area contributed by atoms with E-state index in [2.05, 4.69) is 10.2 Å². The molecule has 1 aromatic heterocycles. The number of aromatic nitrogens is 2. The van der Waals surface area contributed by atoms with Crippen LogP contribution in [0.1, 0.15) is 16.1 Å². The summed E-state index contributed by atoms with van der Waals surface area (Å²) in [6.45, 7) is 0.201. The first kappa shape index (κ1) is 13.3. The van der Waals surface area contributed by atoms with Gasteiger partial charge in [-0.3, -0.25) is 9.89 Å². The zero-order valence-corrected chi connectivity index (χ0v) is 11.5. The summed E-state index contributed by atoms with van der Waals surface area (Å²) >= 11 is 0. The number of carbonyl (C=O) groups excluding carboxylic acids is 1. The molecule has 0 aliphatic rings. The maximum absolute atomic E-state index is 13.6. The molecular weight excluding hydrogens is 269 g/mol. The van der Waals surface area contributed by atoms with Crippen molar-refractivity contribution in [1.29, 1.82) is 0 Å². The smallest absolute Gasteiger partial charge is 0.275 e. The zero-order chi connectivity index (χ0) is 14.8. The van der Waals surface area contributed by atoms with E-state index in [0.29, 0.717) is 11.3 Å². The second-order valence-corrected chi connectivity index (χ2v) is 4.87. The molecule has 21 heavy (non-hydrogen) atoms. The summed E-state index contributed by atoms with van der Waals surface area (Å²) in [7, 11) is 1.64. The molecule has 0 saturated carbocycles. The predicted octanol–water partition coefficient (Wildman–Crippen LogP) is 2.97. The first-order valence-corrected chi connectivity index (χ1v) is 6.59. The van der Waals surface area contributed by atoms with Gasteiger partial charge in [0.05, 0.1) is 5.52 Å². The number of benzene rings is 2. The maximum Gasteiger partial charge on any atom is 0.275 e. The van der Waals surface area contributed by atoms with E-state index in [9.17, 15) is 9.18 Å². The molecule has 106 valence electrons. The van der Waals surface area contributed by atoms with Crippen LogP contribution >= 0.6 is 0 Å². The summed E-state index contributed by atoms with van der Waals surface area (Å²) in [6.07, 6.45) is 0. The molecule has 0 aliphatic carbocycles. The van der Waals surface area contributed by atoms with Gasteiger partial charge in [-0.15, -0.1) is 0 Å². The second-order valence-electron chi connectivity index (χ2n) is 4.87. The molecule has 0 atom stereocenters. The number of para-hydroxylation sites is 1.